The summed E-state index contributed by atoms with van der Waals surface area (Å²) in [6, 6.07) is 3.73. The zero-order valence-corrected chi connectivity index (χ0v) is 8.87. The molecule has 1 heterocycles. The third kappa shape index (κ3) is 4.03. The predicted molar refractivity (Wildman–Crippen MR) is 55.8 cm³/mol. The molecule has 0 aliphatic rings. The second-order valence-corrected chi connectivity index (χ2v) is 4.34. The average molecular weight is 192 g/mol. The van der Waals surface area contributed by atoms with Gasteiger partial charge < -0.3 is 5.32 Å². The van der Waals surface area contributed by atoms with Crippen LogP contribution in [0.15, 0.2) is 24.5 Å². The molecule has 1 rings (SSSR count). The molecule has 0 saturated heterocycles. The highest BCUT2D eigenvalue weighted by molar-refractivity contribution is 5.79. The highest BCUT2D eigenvalue weighted by Gasteiger charge is 2.13. The van der Waals surface area contributed by atoms with Crippen molar-refractivity contribution in [2.45, 2.75) is 32.7 Å². The van der Waals surface area contributed by atoms with Crippen LogP contribution < -0.4 is 5.32 Å². The van der Waals surface area contributed by atoms with Gasteiger partial charge in [-0.25, -0.2) is 0 Å². The van der Waals surface area contributed by atoms with Crippen LogP contribution in [0.2, 0.25) is 0 Å². The number of aromatic nitrogens is 1. The van der Waals surface area contributed by atoms with Gasteiger partial charge in [-0.2, -0.15) is 0 Å². The van der Waals surface area contributed by atoms with Crippen LogP contribution in [0.25, 0.3) is 0 Å². The molecule has 14 heavy (non-hydrogen) atoms. The van der Waals surface area contributed by atoms with Gasteiger partial charge in [-0.1, -0.05) is 6.07 Å². The zero-order valence-electron chi connectivity index (χ0n) is 8.87. The molecular weight excluding hydrogens is 176 g/mol. The summed E-state index contributed by atoms with van der Waals surface area (Å²) in [5.41, 5.74) is 0.772. The number of nitrogens with zero attached hydrogens (tertiary/aromatic N) is 1. The van der Waals surface area contributed by atoms with E-state index in [1.807, 2.05) is 32.9 Å². The van der Waals surface area contributed by atoms with E-state index >= 15 is 0 Å². The van der Waals surface area contributed by atoms with Crippen molar-refractivity contribution in [3.05, 3.63) is 30.1 Å². The summed E-state index contributed by atoms with van der Waals surface area (Å²) in [6.45, 7) is 5.90. The summed E-state index contributed by atoms with van der Waals surface area (Å²) in [6.07, 6.45) is 3.80. The van der Waals surface area contributed by atoms with Crippen molar-refractivity contribution < 1.29 is 4.79 Å². The number of hydrogen-bond acceptors (Lipinski definition) is 2. The molecule has 76 valence electrons. The quantitative estimate of drug-likeness (QED) is 0.772. The fourth-order valence-electron chi connectivity index (χ4n) is 1.15. The smallest absolute Gasteiger partial charge is 0.224 e. The van der Waals surface area contributed by atoms with E-state index < -0.39 is 0 Å². The molecule has 1 aromatic rings. The fraction of sp³-hybridized carbons (Fsp3) is 0.455. The summed E-state index contributed by atoms with van der Waals surface area (Å²) in [4.78, 5) is 15.4. The molecule has 1 amide bonds. The SMILES string of the molecule is CC(C)(C)NC(=O)Cc1cccnc1. The minimum atomic E-state index is -0.167. The molecule has 3 nitrogen and oxygen atoms in total. The minimum absolute atomic E-state index is 0.0329. The maximum Gasteiger partial charge on any atom is 0.224 e. The molecule has 3 heteroatoms. The minimum Gasteiger partial charge on any atom is -0.351 e. The average Bonchev–Trinajstić information content (AvgIpc) is 2.02. The molecule has 0 fully saturated rings. The molecule has 1 aromatic heterocycles. The zero-order chi connectivity index (χ0) is 10.6. The first-order valence-corrected chi connectivity index (χ1v) is 4.67. The number of amides is 1. The third-order valence-electron chi connectivity index (χ3n) is 1.60. The molecule has 0 aromatic carbocycles. The lowest BCUT2D eigenvalue weighted by Gasteiger charge is -2.20. The topological polar surface area (TPSA) is 42.0 Å². The maximum absolute atomic E-state index is 11.5. The first-order chi connectivity index (χ1) is 6.47. The van der Waals surface area contributed by atoms with Gasteiger partial charge in [-0.3, -0.25) is 9.78 Å². The van der Waals surface area contributed by atoms with Crippen LogP contribution >= 0.6 is 0 Å². The van der Waals surface area contributed by atoms with Crippen LogP contribution in [0.3, 0.4) is 0 Å². The molecule has 0 spiro atoms. The van der Waals surface area contributed by atoms with Gasteiger partial charge in [0, 0.05) is 17.9 Å². The van der Waals surface area contributed by atoms with E-state index in [1.165, 1.54) is 0 Å². The van der Waals surface area contributed by atoms with Gasteiger partial charge >= 0.3 is 0 Å². The Kier molecular flexibility index (Phi) is 3.23. The van der Waals surface area contributed by atoms with Crippen molar-refractivity contribution in [3.8, 4) is 0 Å². The Bertz CT molecular complexity index is 301. The summed E-state index contributed by atoms with van der Waals surface area (Å²) in [5, 5.41) is 2.90. The number of carbonyl (C=O) groups is 1. The molecule has 1 N–H and O–H groups in total. The van der Waals surface area contributed by atoms with Gasteiger partial charge in [0.2, 0.25) is 5.91 Å². The van der Waals surface area contributed by atoms with E-state index in [0.29, 0.717) is 6.42 Å². The Balaban J connectivity index is 2.50. The Morgan fingerprint density at radius 3 is 2.71 bits per heavy atom. The van der Waals surface area contributed by atoms with Crippen molar-refractivity contribution in [2.75, 3.05) is 0 Å². The maximum atomic E-state index is 11.5. The highest BCUT2D eigenvalue weighted by atomic mass is 16.1. The van der Waals surface area contributed by atoms with Crippen molar-refractivity contribution in [3.63, 3.8) is 0 Å². The molecule has 0 saturated carbocycles. The summed E-state index contributed by atoms with van der Waals surface area (Å²) in [5.74, 6) is 0.0329. The second-order valence-electron chi connectivity index (χ2n) is 4.34. The molecule has 0 unspecified atom stereocenters. The van der Waals surface area contributed by atoms with E-state index in [1.54, 1.807) is 12.4 Å². The van der Waals surface area contributed by atoms with E-state index in [0.717, 1.165) is 5.56 Å². The van der Waals surface area contributed by atoms with E-state index in [9.17, 15) is 4.79 Å². The number of carbonyl (C=O) groups excluding carboxylic acids is 1. The van der Waals surface area contributed by atoms with Crippen molar-refractivity contribution in [1.82, 2.24) is 10.3 Å². The lowest BCUT2D eigenvalue weighted by Crippen LogP contribution is -2.41. The van der Waals surface area contributed by atoms with Crippen LogP contribution in [-0.4, -0.2) is 16.4 Å². The van der Waals surface area contributed by atoms with E-state index in [-0.39, 0.29) is 11.4 Å². The second kappa shape index (κ2) is 4.22. The summed E-state index contributed by atoms with van der Waals surface area (Å²) in [7, 11) is 0. The van der Waals surface area contributed by atoms with Crippen molar-refractivity contribution in [1.29, 1.82) is 0 Å². The number of nitrogens with one attached hydrogen (secondary N) is 1. The Morgan fingerprint density at radius 2 is 2.21 bits per heavy atom. The normalized spacial score (nSPS) is 11.1. The third-order valence-corrected chi connectivity index (χ3v) is 1.60. The molecule has 0 aliphatic heterocycles. The molecule has 0 aliphatic carbocycles. The fourth-order valence-corrected chi connectivity index (χ4v) is 1.15. The molecular formula is C11H16N2O. The van der Waals surface area contributed by atoms with Gasteiger partial charge in [-0.05, 0) is 32.4 Å². The molecule has 0 atom stereocenters. The predicted octanol–water partition coefficient (Wildman–Crippen LogP) is 1.54. The first kappa shape index (κ1) is 10.7. The van der Waals surface area contributed by atoms with E-state index in [4.69, 9.17) is 0 Å². The van der Waals surface area contributed by atoms with Crippen LogP contribution in [0.5, 0.6) is 0 Å². The summed E-state index contributed by atoms with van der Waals surface area (Å²) >= 11 is 0. The Hall–Kier alpha value is -1.38. The van der Waals surface area contributed by atoms with Gasteiger partial charge in [0.1, 0.15) is 0 Å². The number of rotatable bonds is 2. The van der Waals surface area contributed by atoms with Gasteiger partial charge in [0.15, 0.2) is 0 Å². The van der Waals surface area contributed by atoms with Gasteiger partial charge in [-0.15, -0.1) is 0 Å². The van der Waals surface area contributed by atoms with E-state index in [2.05, 4.69) is 10.3 Å². The van der Waals surface area contributed by atoms with Crippen LogP contribution in [0, 0.1) is 0 Å². The Morgan fingerprint density at radius 1 is 1.50 bits per heavy atom. The molecule has 0 bridgehead atoms. The van der Waals surface area contributed by atoms with Crippen LogP contribution in [-0.2, 0) is 11.2 Å². The van der Waals surface area contributed by atoms with Gasteiger partial charge in [0.05, 0.1) is 6.42 Å². The lowest BCUT2D eigenvalue weighted by atomic mass is 10.1. The van der Waals surface area contributed by atoms with Crippen LogP contribution in [0.4, 0.5) is 0 Å². The molecule has 0 radical (unpaired) electrons. The Labute approximate surface area is 84.6 Å². The standard InChI is InChI=1S/C11H16N2O/c1-11(2,3)13-10(14)7-9-5-4-6-12-8-9/h4-6,8H,7H2,1-3H3,(H,13,14). The number of pyridine rings is 1. The highest BCUT2D eigenvalue weighted by Crippen LogP contribution is 2.01. The van der Waals surface area contributed by atoms with Crippen LogP contribution in [0.1, 0.15) is 26.3 Å². The van der Waals surface area contributed by atoms with Gasteiger partial charge in [0.25, 0.3) is 0 Å². The largest absolute Gasteiger partial charge is 0.351 e. The first-order valence-electron chi connectivity index (χ1n) is 4.67. The monoisotopic (exact) mass is 192 g/mol. The number of hydrogen-bond donors (Lipinski definition) is 1. The lowest BCUT2D eigenvalue weighted by molar-refractivity contribution is -0.121. The summed E-state index contributed by atoms with van der Waals surface area (Å²) < 4.78 is 0. The van der Waals surface area contributed by atoms with Crippen molar-refractivity contribution in [2.24, 2.45) is 0 Å². The van der Waals surface area contributed by atoms with Crippen molar-refractivity contribution >= 4 is 5.91 Å².